The highest BCUT2D eigenvalue weighted by molar-refractivity contribution is 6.05. The first-order valence-electron chi connectivity index (χ1n) is 9.58. The average molecular weight is 420 g/mol. The fraction of sp³-hybridized carbons (Fsp3) is 0.227. The minimum Gasteiger partial charge on any atom is -0.341 e. The lowest BCUT2D eigenvalue weighted by Crippen LogP contribution is -2.52. The molecule has 31 heavy (non-hydrogen) atoms. The number of piperidine rings is 1. The Labute approximate surface area is 176 Å². The van der Waals surface area contributed by atoms with Gasteiger partial charge in [-0.1, -0.05) is 18.1 Å². The van der Waals surface area contributed by atoms with Crippen molar-refractivity contribution in [2.24, 2.45) is 0 Å². The van der Waals surface area contributed by atoms with E-state index in [1.54, 1.807) is 18.2 Å². The van der Waals surface area contributed by atoms with Gasteiger partial charge < -0.3 is 10.2 Å². The van der Waals surface area contributed by atoms with Crippen molar-refractivity contribution < 1.29 is 23.6 Å². The summed E-state index contributed by atoms with van der Waals surface area (Å²) in [5, 5.41) is 4.93. The van der Waals surface area contributed by atoms with Crippen LogP contribution in [0.5, 0.6) is 0 Å². The van der Waals surface area contributed by atoms with Gasteiger partial charge in [-0.05, 0) is 35.7 Å². The first-order valence-corrected chi connectivity index (χ1v) is 9.58. The zero-order valence-corrected chi connectivity index (χ0v) is 16.3. The molecule has 1 saturated heterocycles. The second-order valence-electron chi connectivity index (χ2n) is 7.19. The number of benzene rings is 1. The number of hydrogen-bond donors (Lipinski definition) is 2. The number of hydrogen-bond acceptors (Lipinski definition) is 5. The summed E-state index contributed by atoms with van der Waals surface area (Å²) < 4.78 is 12.8. The predicted molar refractivity (Wildman–Crippen MR) is 105 cm³/mol. The maximum atomic E-state index is 12.8. The molecule has 4 rings (SSSR count). The van der Waals surface area contributed by atoms with Gasteiger partial charge >= 0.3 is 0 Å². The molecule has 2 aliphatic rings. The Balaban J connectivity index is 1.38. The number of carbonyl (C=O) groups is 4. The molecule has 8 nitrogen and oxygen atoms in total. The topological polar surface area (TPSA) is 108 Å². The summed E-state index contributed by atoms with van der Waals surface area (Å²) in [5.41, 5.74) is 2.45. The zero-order chi connectivity index (χ0) is 22.0. The van der Waals surface area contributed by atoms with E-state index in [4.69, 9.17) is 0 Å². The molecule has 1 unspecified atom stereocenters. The van der Waals surface area contributed by atoms with Crippen LogP contribution in [0.1, 0.15) is 39.9 Å². The zero-order valence-electron chi connectivity index (χ0n) is 16.3. The van der Waals surface area contributed by atoms with Gasteiger partial charge in [-0.15, -0.1) is 0 Å². The average Bonchev–Trinajstić information content (AvgIpc) is 3.07. The van der Waals surface area contributed by atoms with Crippen LogP contribution >= 0.6 is 0 Å². The van der Waals surface area contributed by atoms with E-state index in [-0.39, 0.29) is 31.3 Å². The molecule has 2 aliphatic heterocycles. The van der Waals surface area contributed by atoms with Gasteiger partial charge in [-0.25, -0.2) is 4.98 Å². The normalized spacial score (nSPS) is 17.5. The van der Waals surface area contributed by atoms with E-state index < -0.39 is 23.8 Å². The number of fused-ring (bicyclic) bond motifs is 1. The standard InChI is InChI=1S/C22H17FN4O4/c23-18-6-2-13(10-24-18)3-7-19(28)25-11-14-1-4-16-15(9-14)12-27(22(16)31)17-5-8-20(29)26-21(17)30/h1-2,4,6,9-10,17H,5,8,11-12H2,(H,25,28)(H,26,29,30). The highest BCUT2D eigenvalue weighted by Crippen LogP contribution is 2.28. The van der Waals surface area contributed by atoms with Gasteiger partial charge in [0.05, 0.1) is 0 Å². The van der Waals surface area contributed by atoms with Gasteiger partial charge in [0.25, 0.3) is 11.8 Å². The summed E-state index contributed by atoms with van der Waals surface area (Å²) in [6.07, 6.45) is 1.74. The van der Waals surface area contributed by atoms with Gasteiger partial charge in [0, 0.05) is 42.8 Å². The van der Waals surface area contributed by atoms with Gasteiger partial charge in [0.2, 0.25) is 17.8 Å². The van der Waals surface area contributed by atoms with Crippen LogP contribution in [0.15, 0.2) is 36.5 Å². The Bertz CT molecular complexity index is 1150. The summed E-state index contributed by atoms with van der Waals surface area (Å²) in [4.78, 5) is 53.0. The quantitative estimate of drug-likeness (QED) is 0.431. The predicted octanol–water partition coefficient (Wildman–Crippen LogP) is 0.650. The second-order valence-corrected chi connectivity index (χ2v) is 7.19. The van der Waals surface area contributed by atoms with Gasteiger partial charge in [-0.2, -0.15) is 4.39 Å². The number of carbonyl (C=O) groups excluding carboxylic acids is 4. The molecule has 2 aromatic rings. The maximum Gasteiger partial charge on any atom is 0.296 e. The number of imide groups is 1. The van der Waals surface area contributed by atoms with E-state index in [0.717, 1.165) is 17.2 Å². The summed E-state index contributed by atoms with van der Waals surface area (Å²) in [6, 6.07) is 7.11. The maximum absolute atomic E-state index is 12.8. The molecular weight excluding hydrogens is 403 g/mol. The first kappa shape index (κ1) is 20.2. The van der Waals surface area contributed by atoms with Crippen LogP contribution in [0.3, 0.4) is 0 Å². The number of nitrogens with zero attached hydrogens (tertiary/aromatic N) is 2. The fourth-order valence-electron chi connectivity index (χ4n) is 3.54. The second kappa shape index (κ2) is 8.36. The molecule has 1 aromatic carbocycles. The highest BCUT2D eigenvalue weighted by Gasteiger charge is 2.38. The number of nitrogens with one attached hydrogen (secondary N) is 2. The van der Waals surface area contributed by atoms with Crippen molar-refractivity contribution in [1.82, 2.24) is 20.5 Å². The third-order valence-electron chi connectivity index (χ3n) is 5.09. The Morgan fingerprint density at radius 3 is 2.84 bits per heavy atom. The lowest BCUT2D eigenvalue weighted by molar-refractivity contribution is -0.137. The third-order valence-corrected chi connectivity index (χ3v) is 5.09. The smallest absolute Gasteiger partial charge is 0.296 e. The molecule has 1 atom stereocenters. The molecule has 0 saturated carbocycles. The number of aromatic nitrogens is 1. The van der Waals surface area contributed by atoms with E-state index >= 15 is 0 Å². The molecule has 0 radical (unpaired) electrons. The van der Waals surface area contributed by atoms with Crippen LogP contribution < -0.4 is 10.6 Å². The van der Waals surface area contributed by atoms with E-state index in [0.29, 0.717) is 17.5 Å². The van der Waals surface area contributed by atoms with Crippen molar-refractivity contribution in [3.8, 4) is 11.8 Å². The van der Waals surface area contributed by atoms with Crippen molar-refractivity contribution >= 4 is 23.6 Å². The van der Waals surface area contributed by atoms with Crippen molar-refractivity contribution in [2.45, 2.75) is 32.0 Å². The monoisotopic (exact) mass is 420 g/mol. The van der Waals surface area contributed by atoms with Gasteiger partial charge in [0.1, 0.15) is 6.04 Å². The van der Waals surface area contributed by atoms with Crippen LogP contribution in [-0.4, -0.2) is 39.6 Å². The number of amides is 4. The fourth-order valence-corrected chi connectivity index (χ4v) is 3.54. The minimum absolute atomic E-state index is 0.197. The lowest BCUT2D eigenvalue weighted by Gasteiger charge is -2.29. The summed E-state index contributed by atoms with van der Waals surface area (Å²) >= 11 is 0. The first-order chi connectivity index (χ1) is 14.9. The highest BCUT2D eigenvalue weighted by atomic mass is 19.1. The molecule has 156 valence electrons. The van der Waals surface area contributed by atoms with E-state index in [1.807, 2.05) is 0 Å². The van der Waals surface area contributed by atoms with Crippen molar-refractivity contribution in [2.75, 3.05) is 0 Å². The van der Waals surface area contributed by atoms with Crippen LogP contribution in [0, 0.1) is 17.8 Å². The van der Waals surface area contributed by atoms with Gasteiger partial charge in [-0.3, -0.25) is 24.5 Å². The number of pyridine rings is 1. The molecule has 0 bridgehead atoms. The van der Waals surface area contributed by atoms with Crippen LogP contribution in [0.25, 0.3) is 0 Å². The Hall–Kier alpha value is -4.06. The number of halogens is 1. The molecule has 0 spiro atoms. The summed E-state index contributed by atoms with van der Waals surface area (Å²) in [7, 11) is 0. The van der Waals surface area contributed by atoms with Crippen molar-refractivity contribution in [3.05, 3.63) is 64.7 Å². The van der Waals surface area contributed by atoms with Crippen molar-refractivity contribution in [3.63, 3.8) is 0 Å². The Kier molecular flexibility index (Phi) is 5.45. The molecule has 4 amide bonds. The van der Waals surface area contributed by atoms with E-state index in [2.05, 4.69) is 27.5 Å². The largest absolute Gasteiger partial charge is 0.341 e. The van der Waals surface area contributed by atoms with Crippen LogP contribution in [0.2, 0.25) is 0 Å². The molecule has 9 heteroatoms. The van der Waals surface area contributed by atoms with Crippen LogP contribution in [0.4, 0.5) is 4.39 Å². The lowest BCUT2D eigenvalue weighted by atomic mass is 10.0. The third kappa shape index (κ3) is 4.43. The SMILES string of the molecule is O=C(C#Cc1ccc(F)nc1)NCc1ccc2c(c1)CN(C1CCC(=O)NC1=O)C2=O. The Morgan fingerprint density at radius 1 is 1.26 bits per heavy atom. The van der Waals surface area contributed by atoms with Crippen molar-refractivity contribution in [1.29, 1.82) is 0 Å². The molecule has 3 heterocycles. The van der Waals surface area contributed by atoms with Gasteiger partial charge in [0.15, 0.2) is 0 Å². The summed E-state index contributed by atoms with van der Waals surface area (Å²) in [5.74, 6) is 2.84. The molecule has 1 fully saturated rings. The molecule has 1 aromatic heterocycles. The Morgan fingerprint density at radius 2 is 2.10 bits per heavy atom. The van der Waals surface area contributed by atoms with E-state index in [9.17, 15) is 23.6 Å². The van der Waals surface area contributed by atoms with E-state index in [1.165, 1.54) is 17.2 Å². The molecular formula is C22H17FN4O4. The van der Waals surface area contributed by atoms with Crippen LogP contribution in [-0.2, 0) is 27.5 Å². The molecule has 0 aliphatic carbocycles. The summed E-state index contributed by atoms with van der Waals surface area (Å²) in [6.45, 7) is 0.467. The minimum atomic E-state index is -0.669. The molecule has 2 N–H and O–H groups in total. The number of rotatable bonds is 3.